The number of rotatable bonds is 3. The fraction of sp³-hybridized carbons (Fsp3) is 0.231. The van der Waals surface area contributed by atoms with Crippen molar-refractivity contribution in [3.8, 4) is 5.75 Å². The maximum absolute atomic E-state index is 13.1. The summed E-state index contributed by atoms with van der Waals surface area (Å²) in [5.74, 6) is 0.162. The van der Waals surface area contributed by atoms with E-state index in [4.69, 9.17) is 10.5 Å². The van der Waals surface area contributed by atoms with Gasteiger partial charge in [0.2, 0.25) is 0 Å². The largest absolute Gasteiger partial charge is 0.497 e. The average molecular weight is 324 g/mol. The fourth-order valence-electron chi connectivity index (χ4n) is 1.80. The number of hydrogen-bond acceptors (Lipinski definition) is 3. The van der Waals surface area contributed by atoms with Gasteiger partial charge in [0.05, 0.1) is 18.7 Å². The van der Waals surface area contributed by atoms with Crippen LogP contribution in [-0.4, -0.2) is 7.11 Å². The van der Waals surface area contributed by atoms with Gasteiger partial charge in [-0.3, -0.25) is 0 Å². The second-order valence-electron chi connectivity index (χ2n) is 3.94. The van der Waals surface area contributed by atoms with Crippen LogP contribution in [0.15, 0.2) is 35.7 Å². The van der Waals surface area contributed by atoms with Crippen LogP contribution in [0.1, 0.15) is 22.0 Å². The van der Waals surface area contributed by atoms with Crippen molar-refractivity contribution in [3.05, 3.63) is 51.7 Å². The summed E-state index contributed by atoms with van der Waals surface area (Å²) in [4.78, 5) is 0.690. The summed E-state index contributed by atoms with van der Waals surface area (Å²) in [5, 5.41) is 1.78. The van der Waals surface area contributed by atoms with Crippen LogP contribution in [0.2, 0.25) is 0 Å². The van der Waals surface area contributed by atoms with Crippen LogP contribution in [0.25, 0.3) is 0 Å². The Morgan fingerprint density at radius 1 is 1.25 bits per heavy atom. The third-order valence-electron chi connectivity index (χ3n) is 2.75. The first kappa shape index (κ1) is 16.8. The molecule has 2 N–H and O–H groups in total. The van der Waals surface area contributed by atoms with E-state index < -0.39 is 17.8 Å². The van der Waals surface area contributed by atoms with Crippen LogP contribution in [0.3, 0.4) is 0 Å². The lowest BCUT2D eigenvalue weighted by atomic mass is 9.99. The molecule has 0 aliphatic heterocycles. The van der Waals surface area contributed by atoms with Crippen molar-refractivity contribution in [2.75, 3.05) is 7.11 Å². The lowest BCUT2D eigenvalue weighted by Crippen LogP contribution is -2.17. The second-order valence-corrected chi connectivity index (χ2v) is 4.92. The van der Waals surface area contributed by atoms with Gasteiger partial charge in [0, 0.05) is 4.88 Å². The number of nitrogens with two attached hydrogens (primary N) is 1. The molecule has 2 rings (SSSR count). The molecule has 0 amide bonds. The van der Waals surface area contributed by atoms with Gasteiger partial charge in [0.25, 0.3) is 0 Å². The molecule has 0 fully saturated rings. The number of methoxy groups -OCH3 is 1. The molecule has 0 saturated heterocycles. The normalized spacial score (nSPS) is 12.7. The van der Waals surface area contributed by atoms with Crippen LogP contribution >= 0.6 is 23.7 Å². The van der Waals surface area contributed by atoms with E-state index in [9.17, 15) is 13.2 Å². The molecule has 0 spiro atoms. The Hall–Kier alpha value is -1.24. The smallest absolute Gasteiger partial charge is 0.416 e. The molecule has 1 atom stereocenters. The minimum atomic E-state index is -4.46. The van der Waals surface area contributed by atoms with Crippen molar-refractivity contribution in [3.63, 3.8) is 0 Å². The van der Waals surface area contributed by atoms with Crippen molar-refractivity contribution in [1.29, 1.82) is 0 Å². The number of halogens is 4. The molecule has 2 nitrogen and oxygen atoms in total. The number of thiophene rings is 1. The SMILES string of the molecule is COc1ccc([C@H](N)c2cccs2)c(C(F)(F)F)c1.Cl. The molecule has 1 aromatic heterocycles. The van der Waals surface area contributed by atoms with Crippen LogP contribution in [-0.2, 0) is 6.18 Å². The molecular formula is C13H13ClF3NOS. The second kappa shape index (κ2) is 6.47. The monoisotopic (exact) mass is 323 g/mol. The first-order chi connectivity index (χ1) is 8.93. The zero-order valence-electron chi connectivity index (χ0n) is 10.5. The van der Waals surface area contributed by atoms with Crippen molar-refractivity contribution < 1.29 is 17.9 Å². The summed E-state index contributed by atoms with van der Waals surface area (Å²) in [6.45, 7) is 0. The summed E-state index contributed by atoms with van der Waals surface area (Å²) in [7, 11) is 1.33. The Morgan fingerprint density at radius 2 is 1.95 bits per heavy atom. The summed E-state index contributed by atoms with van der Waals surface area (Å²) in [5.41, 5.74) is 5.21. The molecular weight excluding hydrogens is 311 g/mol. The van der Waals surface area contributed by atoms with Gasteiger partial charge in [0.15, 0.2) is 0 Å². The Morgan fingerprint density at radius 3 is 2.45 bits per heavy atom. The minimum absolute atomic E-state index is 0. The highest BCUT2D eigenvalue weighted by Crippen LogP contribution is 2.38. The molecule has 1 aromatic carbocycles. The predicted molar refractivity (Wildman–Crippen MR) is 75.6 cm³/mol. The summed E-state index contributed by atoms with van der Waals surface area (Å²) >= 11 is 1.33. The van der Waals surface area contributed by atoms with E-state index in [2.05, 4.69) is 0 Å². The fourth-order valence-corrected chi connectivity index (χ4v) is 2.55. The quantitative estimate of drug-likeness (QED) is 0.916. The Labute approximate surface area is 124 Å². The van der Waals surface area contributed by atoms with E-state index in [0.717, 1.165) is 6.07 Å². The van der Waals surface area contributed by atoms with Crippen LogP contribution < -0.4 is 10.5 Å². The highest BCUT2D eigenvalue weighted by molar-refractivity contribution is 7.10. The third-order valence-corrected chi connectivity index (χ3v) is 3.71. The zero-order valence-corrected chi connectivity index (χ0v) is 12.1. The Bertz CT molecular complexity index is 557. The number of benzene rings is 1. The highest BCUT2D eigenvalue weighted by atomic mass is 35.5. The molecule has 0 bridgehead atoms. The van der Waals surface area contributed by atoms with Crippen LogP contribution in [0.4, 0.5) is 13.2 Å². The number of alkyl halides is 3. The molecule has 7 heteroatoms. The first-order valence-corrected chi connectivity index (χ1v) is 6.35. The lowest BCUT2D eigenvalue weighted by molar-refractivity contribution is -0.138. The van der Waals surface area contributed by atoms with Crippen molar-refractivity contribution >= 4 is 23.7 Å². The van der Waals surface area contributed by atoms with Crippen molar-refractivity contribution in [1.82, 2.24) is 0 Å². The van der Waals surface area contributed by atoms with Gasteiger partial charge < -0.3 is 10.5 Å². The zero-order chi connectivity index (χ0) is 14.0. The van der Waals surface area contributed by atoms with E-state index in [0.29, 0.717) is 4.88 Å². The van der Waals surface area contributed by atoms with Crippen LogP contribution in [0.5, 0.6) is 5.75 Å². The molecule has 2 aromatic rings. The van der Waals surface area contributed by atoms with Gasteiger partial charge in [-0.15, -0.1) is 23.7 Å². The molecule has 0 aliphatic carbocycles. The topological polar surface area (TPSA) is 35.2 Å². The van der Waals surface area contributed by atoms with E-state index in [-0.39, 0.29) is 23.7 Å². The van der Waals surface area contributed by atoms with E-state index in [1.807, 2.05) is 0 Å². The predicted octanol–water partition coefficient (Wildman–Crippen LogP) is 4.25. The van der Waals surface area contributed by atoms with Gasteiger partial charge in [-0.05, 0) is 29.1 Å². The average Bonchev–Trinajstić information content (AvgIpc) is 2.90. The lowest BCUT2D eigenvalue weighted by Gasteiger charge is -2.18. The maximum atomic E-state index is 13.1. The maximum Gasteiger partial charge on any atom is 0.416 e. The van der Waals surface area contributed by atoms with E-state index >= 15 is 0 Å². The summed E-state index contributed by atoms with van der Waals surface area (Å²) in [6.07, 6.45) is -4.46. The number of hydrogen-bond donors (Lipinski definition) is 1. The van der Waals surface area contributed by atoms with Crippen LogP contribution in [0, 0.1) is 0 Å². The molecule has 0 aliphatic rings. The number of ether oxygens (including phenoxy) is 1. The molecule has 1 heterocycles. The van der Waals surface area contributed by atoms with Gasteiger partial charge in [-0.1, -0.05) is 12.1 Å². The summed E-state index contributed by atoms with van der Waals surface area (Å²) < 4.78 is 44.0. The van der Waals surface area contributed by atoms with Crippen molar-refractivity contribution in [2.45, 2.75) is 12.2 Å². The minimum Gasteiger partial charge on any atom is -0.497 e. The van der Waals surface area contributed by atoms with Gasteiger partial charge in [-0.25, -0.2) is 0 Å². The molecule has 0 radical (unpaired) electrons. The third kappa shape index (κ3) is 3.45. The highest BCUT2D eigenvalue weighted by Gasteiger charge is 2.35. The van der Waals surface area contributed by atoms with Gasteiger partial charge >= 0.3 is 6.18 Å². The standard InChI is InChI=1S/C13H12F3NOS.ClH/c1-18-8-4-5-9(10(7-8)13(14,15)16)12(17)11-3-2-6-19-11;/h2-7,12H,17H2,1H3;1H/t12-;/m0./s1. The molecule has 0 unspecified atom stereocenters. The molecule has 110 valence electrons. The summed E-state index contributed by atoms with van der Waals surface area (Å²) in [6, 6.07) is 6.52. The van der Waals surface area contributed by atoms with Crippen molar-refractivity contribution in [2.24, 2.45) is 5.73 Å². The van der Waals surface area contributed by atoms with Gasteiger partial charge in [-0.2, -0.15) is 13.2 Å². The molecule has 20 heavy (non-hydrogen) atoms. The van der Waals surface area contributed by atoms with E-state index in [1.165, 1.54) is 30.6 Å². The molecule has 0 saturated carbocycles. The van der Waals surface area contributed by atoms with E-state index in [1.54, 1.807) is 17.5 Å². The first-order valence-electron chi connectivity index (χ1n) is 5.47. The Balaban J connectivity index is 0.00000200. The van der Waals surface area contributed by atoms with Gasteiger partial charge in [0.1, 0.15) is 5.75 Å². The Kier molecular flexibility index (Phi) is 5.44.